The van der Waals surface area contributed by atoms with E-state index < -0.39 is 17.4 Å². The lowest BCUT2D eigenvalue weighted by Gasteiger charge is -2.23. The third kappa shape index (κ3) is 2.96. The number of aliphatic carboxylic acids is 1. The van der Waals surface area contributed by atoms with E-state index in [0.29, 0.717) is 24.3 Å². The van der Waals surface area contributed by atoms with Crippen LogP contribution in [-0.2, 0) is 16.6 Å². The van der Waals surface area contributed by atoms with Crippen molar-refractivity contribution in [3.8, 4) is 0 Å². The summed E-state index contributed by atoms with van der Waals surface area (Å²) in [5.41, 5.74) is 0.0267. The number of rotatable bonds is 4. The molecule has 2 aliphatic rings. The van der Waals surface area contributed by atoms with E-state index in [1.165, 1.54) is 0 Å². The summed E-state index contributed by atoms with van der Waals surface area (Å²) in [5.74, 6) is -1.25. The molecule has 2 amide bonds. The molecule has 2 fully saturated rings. The molecule has 136 valence electrons. The Balaban J connectivity index is 1.69. The molecule has 1 aromatic rings. The SMILES string of the molecule is CCOC(=O)c1cc(NC(=O)N2C[C@@H]3CCC[C@@]3(C(=O)O)C2)cn1C. The van der Waals surface area contributed by atoms with Crippen LogP contribution in [0.2, 0.25) is 0 Å². The van der Waals surface area contributed by atoms with E-state index in [2.05, 4.69) is 5.32 Å². The number of amides is 2. The maximum atomic E-state index is 12.5. The van der Waals surface area contributed by atoms with Gasteiger partial charge in [-0.1, -0.05) is 6.42 Å². The minimum atomic E-state index is -0.811. The molecule has 1 saturated heterocycles. The first-order chi connectivity index (χ1) is 11.9. The van der Waals surface area contributed by atoms with Gasteiger partial charge in [-0.3, -0.25) is 4.79 Å². The van der Waals surface area contributed by atoms with E-state index in [1.54, 1.807) is 35.7 Å². The zero-order valence-electron chi connectivity index (χ0n) is 14.4. The summed E-state index contributed by atoms with van der Waals surface area (Å²) >= 11 is 0. The number of aromatic nitrogens is 1. The van der Waals surface area contributed by atoms with Crippen molar-refractivity contribution in [1.82, 2.24) is 9.47 Å². The minimum absolute atomic E-state index is 0.0154. The van der Waals surface area contributed by atoms with E-state index >= 15 is 0 Å². The van der Waals surface area contributed by atoms with Crippen LogP contribution in [0.25, 0.3) is 0 Å². The number of fused-ring (bicyclic) bond motifs is 1. The van der Waals surface area contributed by atoms with Crippen LogP contribution < -0.4 is 5.32 Å². The third-order valence-electron chi connectivity index (χ3n) is 5.32. The number of carbonyl (C=O) groups excluding carboxylic acids is 2. The summed E-state index contributed by atoms with van der Waals surface area (Å²) < 4.78 is 6.56. The molecule has 0 radical (unpaired) electrons. The van der Waals surface area contributed by atoms with Crippen LogP contribution in [-0.4, -0.2) is 52.2 Å². The molecule has 1 saturated carbocycles. The summed E-state index contributed by atoms with van der Waals surface area (Å²) in [4.78, 5) is 37.6. The maximum absolute atomic E-state index is 12.5. The van der Waals surface area contributed by atoms with Gasteiger partial charge in [0.2, 0.25) is 0 Å². The molecule has 2 N–H and O–H groups in total. The summed E-state index contributed by atoms with van der Waals surface area (Å²) in [5, 5.41) is 12.4. The predicted molar refractivity (Wildman–Crippen MR) is 89.4 cm³/mol. The summed E-state index contributed by atoms with van der Waals surface area (Å²) in [7, 11) is 1.70. The van der Waals surface area contributed by atoms with Crippen molar-refractivity contribution in [1.29, 1.82) is 0 Å². The number of aryl methyl sites for hydroxylation is 1. The van der Waals surface area contributed by atoms with Gasteiger partial charge in [0, 0.05) is 26.3 Å². The Morgan fingerprint density at radius 2 is 2.20 bits per heavy atom. The first-order valence-electron chi connectivity index (χ1n) is 8.50. The highest BCUT2D eigenvalue weighted by Crippen LogP contribution is 2.48. The second-order valence-corrected chi connectivity index (χ2v) is 6.81. The molecule has 2 atom stereocenters. The maximum Gasteiger partial charge on any atom is 0.355 e. The van der Waals surface area contributed by atoms with Crippen molar-refractivity contribution in [2.75, 3.05) is 25.0 Å². The van der Waals surface area contributed by atoms with E-state index in [9.17, 15) is 19.5 Å². The smallest absolute Gasteiger partial charge is 0.355 e. The number of anilines is 1. The Labute approximate surface area is 145 Å². The number of hydrogen-bond acceptors (Lipinski definition) is 4. The van der Waals surface area contributed by atoms with Crippen molar-refractivity contribution in [2.24, 2.45) is 18.4 Å². The molecule has 0 unspecified atom stereocenters. The number of carbonyl (C=O) groups is 3. The third-order valence-corrected chi connectivity index (χ3v) is 5.32. The van der Waals surface area contributed by atoms with Crippen molar-refractivity contribution in [3.63, 3.8) is 0 Å². The quantitative estimate of drug-likeness (QED) is 0.809. The molecule has 0 aromatic carbocycles. The predicted octanol–water partition coefficient (Wildman–Crippen LogP) is 1.92. The molecule has 25 heavy (non-hydrogen) atoms. The van der Waals surface area contributed by atoms with Crippen molar-refractivity contribution >= 4 is 23.7 Å². The summed E-state index contributed by atoms with van der Waals surface area (Å²) in [6, 6.07) is 1.22. The Morgan fingerprint density at radius 3 is 2.84 bits per heavy atom. The number of carboxylic acid groups (broad SMARTS) is 1. The van der Waals surface area contributed by atoms with Crippen LogP contribution in [0.1, 0.15) is 36.7 Å². The summed E-state index contributed by atoms with van der Waals surface area (Å²) in [6.45, 7) is 2.69. The monoisotopic (exact) mass is 349 g/mol. The molecule has 8 heteroatoms. The lowest BCUT2D eigenvalue weighted by molar-refractivity contribution is -0.149. The number of carboxylic acids is 1. The number of esters is 1. The van der Waals surface area contributed by atoms with Crippen molar-refractivity contribution in [2.45, 2.75) is 26.2 Å². The number of likely N-dealkylation sites (tertiary alicyclic amines) is 1. The molecular weight excluding hydrogens is 326 g/mol. The van der Waals surface area contributed by atoms with E-state index in [1.807, 2.05) is 0 Å². The molecule has 0 bridgehead atoms. The van der Waals surface area contributed by atoms with Crippen molar-refractivity contribution in [3.05, 3.63) is 18.0 Å². The van der Waals surface area contributed by atoms with Gasteiger partial charge in [0.05, 0.1) is 17.7 Å². The van der Waals surface area contributed by atoms with Gasteiger partial charge in [-0.15, -0.1) is 0 Å². The standard InChI is InChI=1S/C17H23N3O5/c1-3-25-14(21)13-7-12(9-19(13)2)18-16(24)20-8-11-5-4-6-17(11,10-20)15(22)23/h7,9,11H,3-6,8,10H2,1-2H3,(H,18,24)(H,22,23)/t11-,17+/m0/s1. The number of ether oxygens (including phenoxy) is 1. The Kier molecular flexibility index (Phi) is 4.45. The average Bonchev–Trinajstić information content (AvgIpc) is 3.19. The van der Waals surface area contributed by atoms with Crippen LogP contribution in [0.3, 0.4) is 0 Å². The molecule has 1 aromatic heterocycles. The molecule has 1 aliphatic carbocycles. The number of nitrogens with zero attached hydrogens (tertiary/aromatic N) is 2. The summed E-state index contributed by atoms with van der Waals surface area (Å²) in [6.07, 6.45) is 3.99. The van der Waals surface area contributed by atoms with Crippen molar-refractivity contribution < 1.29 is 24.2 Å². The Bertz CT molecular complexity index is 713. The van der Waals surface area contributed by atoms with Crippen LogP contribution >= 0.6 is 0 Å². The van der Waals surface area contributed by atoms with Gasteiger partial charge >= 0.3 is 18.0 Å². The highest BCUT2D eigenvalue weighted by Gasteiger charge is 2.55. The van der Waals surface area contributed by atoms with Crippen LogP contribution in [0.5, 0.6) is 0 Å². The van der Waals surface area contributed by atoms with Crippen LogP contribution in [0.4, 0.5) is 10.5 Å². The van der Waals surface area contributed by atoms with Gasteiger partial charge in [0.25, 0.3) is 0 Å². The van der Waals surface area contributed by atoms with Crippen LogP contribution in [0, 0.1) is 11.3 Å². The highest BCUT2D eigenvalue weighted by atomic mass is 16.5. The lowest BCUT2D eigenvalue weighted by Crippen LogP contribution is -2.38. The fourth-order valence-corrected chi connectivity index (χ4v) is 4.04. The first-order valence-corrected chi connectivity index (χ1v) is 8.50. The first kappa shape index (κ1) is 17.3. The second-order valence-electron chi connectivity index (χ2n) is 6.81. The van der Waals surface area contributed by atoms with Gasteiger partial charge in [-0.25, -0.2) is 9.59 Å². The molecule has 3 rings (SSSR count). The van der Waals surface area contributed by atoms with E-state index in [-0.39, 0.29) is 25.1 Å². The lowest BCUT2D eigenvalue weighted by atomic mass is 9.81. The van der Waals surface area contributed by atoms with Gasteiger partial charge in [0.15, 0.2) is 0 Å². The molecule has 2 heterocycles. The average molecular weight is 349 g/mol. The molecule has 1 aliphatic heterocycles. The van der Waals surface area contributed by atoms with E-state index in [4.69, 9.17) is 4.74 Å². The topological polar surface area (TPSA) is 101 Å². The van der Waals surface area contributed by atoms with Crippen LogP contribution in [0.15, 0.2) is 12.3 Å². The van der Waals surface area contributed by atoms with Gasteiger partial charge < -0.3 is 24.6 Å². The Morgan fingerprint density at radius 1 is 1.44 bits per heavy atom. The largest absolute Gasteiger partial charge is 0.481 e. The van der Waals surface area contributed by atoms with Gasteiger partial charge in [-0.05, 0) is 31.7 Å². The Hall–Kier alpha value is -2.51. The molecule has 0 spiro atoms. The fraction of sp³-hybridized carbons (Fsp3) is 0.588. The second kappa shape index (κ2) is 6.42. The normalized spacial score (nSPS) is 24.9. The zero-order chi connectivity index (χ0) is 18.2. The van der Waals surface area contributed by atoms with Gasteiger partial charge in [-0.2, -0.15) is 0 Å². The molecule has 8 nitrogen and oxygen atoms in total. The fourth-order valence-electron chi connectivity index (χ4n) is 4.04. The highest BCUT2D eigenvalue weighted by molar-refractivity contribution is 5.94. The minimum Gasteiger partial charge on any atom is -0.481 e. The zero-order valence-corrected chi connectivity index (χ0v) is 14.4. The van der Waals surface area contributed by atoms with Gasteiger partial charge in [0.1, 0.15) is 5.69 Å². The number of hydrogen-bond donors (Lipinski definition) is 2. The number of nitrogens with one attached hydrogen (secondary N) is 1. The molecular formula is C17H23N3O5. The van der Waals surface area contributed by atoms with E-state index in [0.717, 1.165) is 12.8 Å². The number of urea groups is 1.